The van der Waals surface area contributed by atoms with E-state index >= 15 is 0 Å². The summed E-state index contributed by atoms with van der Waals surface area (Å²) in [6.45, 7) is 3.75. The zero-order valence-corrected chi connectivity index (χ0v) is 15.2. The minimum atomic E-state index is -3.67. The minimum absolute atomic E-state index is 0.173. The van der Waals surface area contributed by atoms with Crippen molar-refractivity contribution in [1.82, 2.24) is 0 Å². The van der Waals surface area contributed by atoms with Crippen LogP contribution in [0.2, 0.25) is 5.02 Å². The van der Waals surface area contributed by atoms with Crippen molar-refractivity contribution in [3.63, 3.8) is 0 Å². The fourth-order valence-corrected chi connectivity index (χ4v) is 4.26. The molecule has 3 rings (SSSR count). The van der Waals surface area contributed by atoms with Gasteiger partial charge in [-0.25, -0.2) is 8.42 Å². The van der Waals surface area contributed by atoms with E-state index in [0.29, 0.717) is 10.7 Å². The number of anilines is 2. The molecule has 0 saturated carbocycles. The molecule has 0 aromatic heterocycles. The molecule has 0 atom stereocenters. The molecule has 2 aromatic carbocycles. The molecule has 1 aliphatic heterocycles. The predicted octanol–water partition coefficient (Wildman–Crippen LogP) is 4.44. The first-order valence-corrected chi connectivity index (χ1v) is 9.96. The maximum atomic E-state index is 12.7. The standard InChI is InChI=1S/C18H21ClN2O2S/c1-14-9-10-15(13-16(14)19)24(22,23)20-17-7-3-4-8-18(17)21-11-5-2-6-12-21/h3-4,7-10,13,20H,2,5-6,11-12H2,1H3. The van der Waals surface area contributed by atoms with Gasteiger partial charge in [-0.1, -0.05) is 29.8 Å². The monoisotopic (exact) mass is 364 g/mol. The van der Waals surface area contributed by atoms with Gasteiger partial charge in [-0.05, 0) is 56.0 Å². The number of aryl methyl sites for hydroxylation is 1. The van der Waals surface area contributed by atoms with Crippen LogP contribution in [0.25, 0.3) is 0 Å². The highest BCUT2D eigenvalue weighted by Crippen LogP contribution is 2.30. The average Bonchev–Trinajstić information content (AvgIpc) is 2.58. The quantitative estimate of drug-likeness (QED) is 0.872. The average molecular weight is 365 g/mol. The molecule has 0 spiro atoms. The van der Waals surface area contributed by atoms with Crippen molar-refractivity contribution in [1.29, 1.82) is 0 Å². The van der Waals surface area contributed by atoms with Gasteiger partial charge in [0.2, 0.25) is 0 Å². The Morgan fingerprint density at radius 2 is 1.75 bits per heavy atom. The second kappa shape index (κ2) is 7.03. The zero-order chi connectivity index (χ0) is 17.2. The van der Waals surface area contributed by atoms with Crippen LogP contribution in [0.4, 0.5) is 11.4 Å². The van der Waals surface area contributed by atoms with E-state index in [9.17, 15) is 8.42 Å². The summed E-state index contributed by atoms with van der Waals surface area (Å²) in [4.78, 5) is 2.41. The SMILES string of the molecule is Cc1ccc(S(=O)(=O)Nc2ccccc2N2CCCCC2)cc1Cl. The maximum Gasteiger partial charge on any atom is 0.262 e. The molecule has 6 heteroatoms. The lowest BCUT2D eigenvalue weighted by atomic mass is 10.1. The lowest BCUT2D eigenvalue weighted by molar-refractivity contribution is 0.578. The van der Waals surface area contributed by atoms with E-state index < -0.39 is 10.0 Å². The molecule has 24 heavy (non-hydrogen) atoms. The third-order valence-electron chi connectivity index (χ3n) is 4.30. The lowest BCUT2D eigenvalue weighted by Crippen LogP contribution is -2.30. The number of piperidine rings is 1. The summed E-state index contributed by atoms with van der Waals surface area (Å²) in [6.07, 6.45) is 3.50. The number of halogens is 1. The summed E-state index contributed by atoms with van der Waals surface area (Å²) < 4.78 is 28.1. The smallest absolute Gasteiger partial charge is 0.262 e. The van der Waals surface area contributed by atoms with Crippen molar-refractivity contribution in [2.45, 2.75) is 31.1 Å². The third-order valence-corrected chi connectivity index (χ3v) is 6.07. The topological polar surface area (TPSA) is 49.4 Å². The molecular formula is C18H21ClN2O2S. The third kappa shape index (κ3) is 3.68. The van der Waals surface area contributed by atoms with E-state index in [1.165, 1.54) is 12.5 Å². The van der Waals surface area contributed by atoms with Gasteiger partial charge in [-0.3, -0.25) is 4.72 Å². The fourth-order valence-electron chi connectivity index (χ4n) is 2.91. The zero-order valence-electron chi connectivity index (χ0n) is 13.6. The predicted molar refractivity (Wildman–Crippen MR) is 99.5 cm³/mol. The van der Waals surface area contributed by atoms with Crippen molar-refractivity contribution in [2.75, 3.05) is 22.7 Å². The molecule has 1 N–H and O–H groups in total. The Morgan fingerprint density at radius 1 is 1.04 bits per heavy atom. The van der Waals surface area contributed by atoms with Gasteiger partial charge < -0.3 is 4.90 Å². The van der Waals surface area contributed by atoms with Crippen LogP contribution in [0.5, 0.6) is 0 Å². The van der Waals surface area contributed by atoms with Crippen LogP contribution in [0, 0.1) is 6.92 Å². The Labute approximate surface area is 148 Å². The number of hydrogen-bond acceptors (Lipinski definition) is 3. The molecule has 0 bridgehead atoms. The first kappa shape index (κ1) is 17.1. The molecule has 128 valence electrons. The van der Waals surface area contributed by atoms with Crippen LogP contribution in [0.1, 0.15) is 24.8 Å². The van der Waals surface area contributed by atoms with Gasteiger partial charge in [0.25, 0.3) is 10.0 Å². The van der Waals surface area contributed by atoms with Crippen LogP contribution in [-0.4, -0.2) is 21.5 Å². The van der Waals surface area contributed by atoms with E-state index in [1.807, 2.05) is 25.1 Å². The van der Waals surface area contributed by atoms with Gasteiger partial charge in [0.1, 0.15) is 0 Å². The molecule has 4 nitrogen and oxygen atoms in total. The summed E-state index contributed by atoms with van der Waals surface area (Å²) in [6, 6.07) is 12.3. The van der Waals surface area contributed by atoms with Crippen LogP contribution < -0.4 is 9.62 Å². The Kier molecular flexibility index (Phi) is 5.01. The largest absolute Gasteiger partial charge is 0.370 e. The number of nitrogens with zero attached hydrogens (tertiary/aromatic N) is 1. The van der Waals surface area contributed by atoms with Crippen molar-refractivity contribution >= 4 is 33.0 Å². The van der Waals surface area contributed by atoms with Crippen molar-refractivity contribution in [3.05, 3.63) is 53.1 Å². The molecule has 1 aliphatic rings. The van der Waals surface area contributed by atoms with Gasteiger partial charge in [0.05, 0.1) is 16.3 Å². The Bertz CT molecular complexity index is 831. The van der Waals surface area contributed by atoms with Crippen LogP contribution in [0.3, 0.4) is 0 Å². The maximum absolute atomic E-state index is 12.7. The van der Waals surface area contributed by atoms with Gasteiger partial charge in [-0.2, -0.15) is 0 Å². The summed E-state index contributed by atoms with van der Waals surface area (Å²) in [5.41, 5.74) is 2.39. The first-order valence-electron chi connectivity index (χ1n) is 8.10. The molecule has 2 aromatic rings. The van der Waals surface area contributed by atoms with E-state index in [2.05, 4.69) is 9.62 Å². The summed E-state index contributed by atoms with van der Waals surface area (Å²) in [5.74, 6) is 0. The number of hydrogen-bond donors (Lipinski definition) is 1. The van der Waals surface area contributed by atoms with Gasteiger partial charge in [0.15, 0.2) is 0 Å². The Morgan fingerprint density at radius 3 is 2.46 bits per heavy atom. The molecule has 0 unspecified atom stereocenters. The second-order valence-electron chi connectivity index (χ2n) is 6.08. The number of benzene rings is 2. The number of sulfonamides is 1. The molecule has 0 radical (unpaired) electrons. The van der Waals surface area contributed by atoms with E-state index in [-0.39, 0.29) is 4.90 Å². The number of nitrogens with one attached hydrogen (secondary N) is 1. The Hall–Kier alpha value is -1.72. The van der Waals surface area contributed by atoms with E-state index in [0.717, 1.165) is 37.2 Å². The van der Waals surface area contributed by atoms with Crippen molar-refractivity contribution in [3.8, 4) is 0 Å². The fraction of sp³-hybridized carbons (Fsp3) is 0.333. The highest BCUT2D eigenvalue weighted by atomic mass is 35.5. The summed E-state index contributed by atoms with van der Waals surface area (Å²) >= 11 is 6.08. The second-order valence-corrected chi connectivity index (χ2v) is 8.17. The van der Waals surface area contributed by atoms with Crippen molar-refractivity contribution < 1.29 is 8.42 Å². The Balaban J connectivity index is 1.91. The van der Waals surface area contributed by atoms with Gasteiger partial charge in [0, 0.05) is 18.1 Å². The molecule has 1 heterocycles. The lowest BCUT2D eigenvalue weighted by Gasteiger charge is -2.30. The van der Waals surface area contributed by atoms with Crippen LogP contribution >= 0.6 is 11.6 Å². The van der Waals surface area contributed by atoms with Gasteiger partial charge >= 0.3 is 0 Å². The first-order chi connectivity index (χ1) is 11.5. The van der Waals surface area contributed by atoms with Crippen LogP contribution in [0.15, 0.2) is 47.4 Å². The number of para-hydroxylation sites is 2. The highest BCUT2D eigenvalue weighted by Gasteiger charge is 2.20. The highest BCUT2D eigenvalue weighted by molar-refractivity contribution is 7.92. The van der Waals surface area contributed by atoms with E-state index in [1.54, 1.807) is 18.2 Å². The van der Waals surface area contributed by atoms with Crippen molar-refractivity contribution in [2.24, 2.45) is 0 Å². The van der Waals surface area contributed by atoms with Crippen LogP contribution in [-0.2, 0) is 10.0 Å². The molecule has 1 saturated heterocycles. The summed E-state index contributed by atoms with van der Waals surface area (Å²) in [7, 11) is -3.67. The molecule has 0 aliphatic carbocycles. The minimum Gasteiger partial charge on any atom is -0.370 e. The van der Waals surface area contributed by atoms with Gasteiger partial charge in [-0.15, -0.1) is 0 Å². The molecule has 0 amide bonds. The molecular weight excluding hydrogens is 344 g/mol. The molecule has 1 fully saturated rings. The normalized spacial score (nSPS) is 15.3. The summed E-state index contributed by atoms with van der Waals surface area (Å²) in [5, 5.41) is 0.446. The number of rotatable bonds is 4. The van der Waals surface area contributed by atoms with E-state index in [4.69, 9.17) is 11.6 Å².